The Bertz CT molecular complexity index is 1510. The van der Waals surface area contributed by atoms with Gasteiger partial charge in [-0.3, -0.25) is 0 Å². The van der Waals surface area contributed by atoms with Gasteiger partial charge in [-0.2, -0.15) is 0 Å². The lowest BCUT2D eigenvalue weighted by molar-refractivity contribution is 0.579. The summed E-state index contributed by atoms with van der Waals surface area (Å²) < 4.78 is 111. The van der Waals surface area contributed by atoms with E-state index in [9.17, 15) is 34.8 Å². The minimum atomic E-state index is -4.39. The predicted molar refractivity (Wildman–Crippen MR) is 138 cm³/mol. The Morgan fingerprint density at radius 2 is 0.821 bits per heavy atom. The zero-order chi connectivity index (χ0) is 28.2. The van der Waals surface area contributed by atoms with E-state index in [0.29, 0.717) is 12.1 Å². The molecule has 4 aromatic rings. The third-order valence-corrected chi connectivity index (χ3v) is 8.21. The Morgan fingerprint density at radius 3 is 1.15 bits per heavy atom. The maximum atomic E-state index is 14.3. The first-order valence-electron chi connectivity index (χ1n) is 11.5. The molecule has 2 atom stereocenters. The van der Waals surface area contributed by atoms with Gasteiger partial charge in [-0.15, -0.1) is 0 Å². The fourth-order valence-electron chi connectivity index (χ4n) is 3.94. The topological polar surface area (TPSA) is 34.1 Å². The molecule has 0 radical (unpaired) electrons. The molecule has 2 unspecified atom stereocenters. The Kier molecular flexibility index (Phi) is 8.40. The van der Waals surface area contributed by atoms with Gasteiger partial charge in [-0.1, -0.05) is 48.6 Å². The summed E-state index contributed by atoms with van der Waals surface area (Å²) in [4.78, 5) is 0. The molecule has 0 saturated carbocycles. The summed E-state index contributed by atoms with van der Waals surface area (Å²) in [5, 5.41) is -2.97. The van der Waals surface area contributed by atoms with Crippen LogP contribution in [-0.2, 0) is 9.84 Å². The smallest absolute Gasteiger partial charge is 0.171 e. The first-order valence-corrected chi connectivity index (χ1v) is 13.2. The summed E-state index contributed by atoms with van der Waals surface area (Å²) in [5.41, 5.74) is 0.0641. The third kappa shape index (κ3) is 6.67. The molecule has 0 aromatic heterocycles. The van der Waals surface area contributed by atoms with Crippen LogP contribution in [0.2, 0.25) is 0 Å². The van der Waals surface area contributed by atoms with E-state index < -0.39 is 55.2 Å². The fourth-order valence-corrected chi connectivity index (χ4v) is 5.92. The first-order chi connectivity index (χ1) is 18.5. The van der Waals surface area contributed by atoms with Crippen molar-refractivity contribution in [1.82, 2.24) is 0 Å². The summed E-state index contributed by atoms with van der Waals surface area (Å²) in [6, 6.07) is 14.8. The Balaban J connectivity index is 1.85. The molecule has 0 heterocycles. The van der Waals surface area contributed by atoms with Gasteiger partial charge in [0.25, 0.3) is 0 Å². The predicted octanol–water partition coefficient (Wildman–Crippen LogP) is 8.15. The van der Waals surface area contributed by atoms with Crippen LogP contribution in [0.5, 0.6) is 0 Å². The van der Waals surface area contributed by atoms with Crippen LogP contribution in [0.3, 0.4) is 0 Å². The van der Waals surface area contributed by atoms with Crippen molar-refractivity contribution in [3.63, 3.8) is 0 Å². The maximum absolute atomic E-state index is 14.3. The van der Waals surface area contributed by atoms with E-state index in [4.69, 9.17) is 0 Å². The molecule has 0 spiro atoms. The summed E-state index contributed by atoms with van der Waals surface area (Å²) in [7, 11) is -4.39. The van der Waals surface area contributed by atoms with E-state index in [1.807, 2.05) is 0 Å². The molecule has 0 N–H and O–H groups in total. The van der Waals surface area contributed by atoms with Gasteiger partial charge >= 0.3 is 0 Å². The normalized spacial score (nSPS) is 13.7. The highest BCUT2D eigenvalue weighted by Crippen LogP contribution is 2.37. The van der Waals surface area contributed by atoms with Gasteiger partial charge in [0.1, 0.15) is 45.4 Å². The standard InChI is InChI=1S/C30H20F6O2S/c31-23-9-3-21(4-10-23)29(15-7-19-1-13-25(33)17-27(19)35)39(37,38)30(22-5-11-24(32)12-6-22)16-8-20-2-14-26(34)18-28(20)36/h1-18,29-30H. The molecule has 2 nitrogen and oxygen atoms in total. The number of hydrogen-bond acceptors (Lipinski definition) is 2. The second kappa shape index (κ2) is 11.7. The molecular weight excluding hydrogens is 538 g/mol. The lowest BCUT2D eigenvalue weighted by atomic mass is 10.1. The van der Waals surface area contributed by atoms with Crippen LogP contribution in [0.1, 0.15) is 32.8 Å². The SMILES string of the molecule is O=S(=O)(C(C=Cc1ccc(F)cc1F)c1ccc(F)cc1)C(C=Cc1ccc(F)cc1F)c1ccc(F)cc1. The van der Waals surface area contributed by atoms with Crippen LogP contribution in [-0.4, -0.2) is 8.42 Å². The highest BCUT2D eigenvalue weighted by atomic mass is 32.2. The average Bonchev–Trinajstić information content (AvgIpc) is 2.88. The van der Waals surface area contributed by atoms with Crippen molar-refractivity contribution in [2.45, 2.75) is 10.5 Å². The molecule has 39 heavy (non-hydrogen) atoms. The van der Waals surface area contributed by atoms with Crippen molar-refractivity contribution in [1.29, 1.82) is 0 Å². The van der Waals surface area contributed by atoms with Crippen LogP contribution in [0.4, 0.5) is 26.3 Å². The fraction of sp³-hybridized carbons (Fsp3) is 0.0667. The minimum Gasteiger partial charge on any atom is -0.227 e. The van der Waals surface area contributed by atoms with Crippen LogP contribution in [0, 0.1) is 34.9 Å². The largest absolute Gasteiger partial charge is 0.227 e. The molecule has 0 saturated heterocycles. The number of halogens is 6. The van der Waals surface area contributed by atoms with Crippen molar-refractivity contribution in [2.75, 3.05) is 0 Å². The molecule has 9 heteroatoms. The second-order valence-electron chi connectivity index (χ2n) is 8.58. The van der Waals surface area contributed by atoms with E-state index in [-0.39, 0.29) is 22.3 Å². The number of sulfone groups is 1. The molecule has 0 bridgehead atoms. The van der Waals surface area contributed by atoms with Gasteiger partial charge in [0, 0.05) is 23.3 Å². The number of hydrogen-bond donors (Lipinski definition) is 0. The number of benzene rings is 4. The maximum Gasteiger partial charge on any atom is 0.171 e. The highest BCUT2D eigenvalue weighted by Gasteiger charge is 2.33. The minimum absolute atomic E-state index is 0.0963. The quantitative estimate of drug-likeness (QED) is 0.205. The molecule has 4 rings (SSSR count). The van der Waals surface area contributed by atoms with E-state index in [1.165, 1.54) is 36.4 Å². The van der Waals surface area contributed by atoms with Gasteiger partial charge < -0.3 is 0 Å². The Hall–Kier alpha value is -4.11. The summed E-state index contributed by atoms with van der Waals surface area (Å²) in [6.07, 6.45) is 4.65. The van der Waals surface area contributed by atoms with Crippen molar-refractivity contribution in [2.24, 2.45) is 0 Å². The Labute approximate surface area is 221 Å². The van der Waals surface area contributed by atoms with Crippen LogP contribution in [0.25, 0.3) is 12.2 Å². The molecule has 200 valence electrons. The van der Waals surface area contributed by atoms with Crippen molar-refractivity contribution in [3.05, 3.63) is 154 Å². The average molecular weight is 559 g/mol. The molecule has 0 aliphatic rings. The summed E-state index contributed by atoms with van der Waals surface area (Å²) in [5.74, 6) is -4.73. The van der Waals surface area contributed by atoms with E-state index in [1.54, 1.807) is 0 Å². The molecule has 4 aromatic carbocycles. The van der Waals surface area contributed by atoms with E-state index in [2.05, 4.69) is 0 Å². The zero-order valence-corrected chi connectivity index (χ0v) is 20.9. The van der Waals surface area contributed by atoms with Crippen LogP contribution in [0.15, 0.2) is 97.1 Å². The van der Waals surface area contributed by atoms with Crippen LogP contribution < -0.4 is 0 Å². The molecule has 0 aliphatic carbocycles. The molecule has 0 amide bonds. The highest BCUT2D eigenvalue weighted by molar-refractivity contribution is 7.92. The molecular formula is C30H20F6O2S. The van der Waals surface area contributed by atoms with Crippen molar-refractivity contribution >= 4 is 22.0 Å². The van der Waals surface area contributed by atoms with Gasteiger partial charge in [-0.05, 0) is 59.7 Å². The van der Waals surface area contributed by atoms with Crippen LogP contribution >= 0.6 is 0 Å². The monoisotopic (exact) mass is 558 g/mol. The lowest BCUT2D eigenvalue weighted by Crippen LogP contribution is -2.19. The zero-order valence-electron chi connectivity index (χ0n) is 20.0. The second-order valence-corrected chi connectivity index (χ2v) is 10.8. The van der Waals surface area contributed by atoms with Gasteiger partial charge in [0.05, 0.1) is 0 Å². The summed E-state index contributed by atoms with van der Waals surface area (Å²) >= 11 is 0. The van der Waals surface area contributed by atoms with Crippen molar-refractivity contribution in [3.8, 4) is 0 Å². The van der Waals surface area contributed by atoms with Gasteiger partial charge in [0.2, 0.25) is 0 Å². The first kappa shape index (κ1) is 27.9. The summed E-state index contributed by atoms with van der Waals surface area (Å²) in [6.45, 7) is 0. The van der Waals surface area contributed by atoms with Crippen molar-refractivity contribution < 1.29 is 34.8 Å². The van der Waals surface area contributed by atoms with E-state index in [0.717, 1.165) is 60.7 Å². The van der Waals surface area contributed by atoms with Gasteiger partial charge in [0.15, 0.2) is 9.84 Å². The van der Waals surface area contributed by atoms with Gasteiger partial charge in [-0.25, -0.2) is 34.8 Å². The molecule has 0 aliphatic heterocycles. The Morgan fingerprint density at radius 1 is 0.487 bits per heavy atom. The molecule has 0 fully saturated rings. The van der Waals surface area contributed by atoms with E-state index >= 15 is 0 Å². The number of rotatable bonds is 8. The lowest BCUT2D eigenvalue weighted by Gasteiger charge is -2.22. The third-order valence-electron chi connectivity index (χ3n) is 5.93.